The molecule has 2 rings (SSSR count). The fourth-order valence-electron chi connectivity index (χ4n) is 2.60. The van der Waals surface area contributed by atoms with E-state index >= 15 is 0 Å². The summed E-state index contributed by atoms with van der Waals surface area (Å²) in [5, 5.41) is 2.89. The van der Waals surface area contributed by atoms with E-state index in [0.29, 0.717) is 12.3 Å². The molecule has 0 unspecified atom stereocenters. The minimum absolute atomic E-state index is 0.234. The van der Waals surface area contributed by atoms with Crippen molar-refractivity contribution in [2.75, 3.05) is 26.2 Å². The van der Waals surface area contributed by atoms with Crippen LogP contribution < -0.4 is 5.32 Å². The maximum Gasteiger partial charge on any atom is 0.287 e. The van der Waals surface area contributed by atoms with Crippen molar-refractivity contribution in [1.82, 2.24) is 10.2 Å². The maximum absolute atomic E-state index is 12.4. The van der Waals surface area contributed by atoms with Gasteiger partial charge in [0.05, 0.1) is 16.6 Å². The van der Waals surface area contributed by atoms with E-state index in [1.54, 1.807) is 12.1 Å². The molecule has 2 aromatic rings. The number of halogens is 1. The summed E-state index contributed by atoms with van der Waals surface area (Å²) in [6.45, 7) is 7.73. The van der Waals surface area contributed by atoms with Crippen LogP contribution in [0.4, 0.5) is 0 Å². The van der Waals surface area contributed by atoms with Crippen LogP contribution in [0, 0.1) is 0 Å². The second-order valence-electron chi connectivity index (χ2n) is 6.25. The predicted molar refractivity (Wildman–Crippen MR) is 112 cm³/mol. The van der Waals surface area contributed by atoms with E-state index in [1.165, 1.54) is 12.8 Å². The smallest absolute Gasteiger partial charge is 0.287 e. The molecular weight excluding hydrogens is 428 g/mol. The van der Waals surface area contributed by atoms with E-state index in [9.17, 15) is 9.00 Å². The Morgan fingerprint density at radius 3 is 2.56 bits per heavy atom. The number of hydrogen-bond acceptors (Lipinski definition) is 4. The lowest BCUT2D eigenvalue weighted by Crippen LogP contribution is -2.35. The standard InChI is InChI=1S/C20H27BrN2O3S/c1-3-5-13-23(4-2)14-12-22-20(24)19-11-8-17(26-19)15-27(25)18-9-6-16(21)7-10-18/h6-11H,3-5,12-15H2,1-2H3,(H,22,24)/t27-/m0/s1. The number of carbonyl (C=O) groups is 1. The first-order valence-corrected chi connectivity index (χ1v) is 11.4. The van der Waals surface area contributed by atoms with Gasteiger partial charge in [0, 0.05) is 22.5 Å². The highest BCUT2D eigenvalue weighted by Gasteiger charge is 2.14. The van der Waals surface area contributed by atoms with E-state index in [-0.39, 0.29) is 17.4 Å². The summed E-state index contributed by atoms with van der Waals surface area (Å²) >= 11 is 3.36. The number of rotatable bonds is 11. The molecule has 0 aliphatic carbocycles. The third-order valence-corrected chi connectivity index (χ3v) is 6.10. The molecule has 1 aromatic heterocycles. The van der Waals surface area contributed by atoms with Crippen LogP contribution in [-0.4, -0.2) is 41.2 Å². The van der Waals surface area contributed by atoms with Crippen LogP contribution in [-0.2, 0) is 16.6 Å². The molecule has 1 N–H and O–H groups in total. The van der Waals surface area contributed by atoms with Crippen molar-refractivity contribution < 1.29 is 13.4 Å². The number of carbonyl (C=O) groups excluding carboxylic acids is 1. The van der Waals surface area contributed by atoms with Crippen molar-refractivity contribution in [2.24, 2.45) is 0 Å². The molecule has 5 nitrogen and oxygen atoms in total. The van der Waals surface area contributed by atoms with Gasteiger partial charge in [-0.15, -0.1) is 0 Å². The summed E-state index contributed by atoms with van der Waals surface area (Å²) in [5.74, 6) is 0.811. The van der Waals surface area contributed by atoms with E-state index in [0.717, 1.165) is 29.0 Å². The average Bonchev–Trinajstić information content (AvgIpc) is 3.13. The van der Waals surface area contributed by atoms with Crippen LogP contribution in [0.25, 0.3) is 0 Å². The van der Waals surface area contributed by atoms with Crippen LogP contribution in [0.5, 0.6) is 0 Å². The Morgan fingerprint density at radius 1 is 1.15 bits per heavy atom. The van der Waals surface area contributed by atoms with Gasteiger partial charge in [0.1, 0.15) is 5.76 Å². The summed E-state index contributed by atoms with van der Waals surface area (Å²) < 4.78 is 18.9. The number of unbranched alkanes of at least 4 members (excludes halogenated alkanes) is 1. The third kappa shape index (κ3) is 7.24. The van der Waals surface area contributed by atoms with Crippen LogP contribution in [0.1, 0.15) is 43.0 Å². The molecule has 1 amide bonds. The highest BCUT2D eigenvalue weighted by molar-refractivity contribution is 9.10. The number of furan rings is 1. The lowest BCUT2D eigenvalue weighted by Gasteiger charge is -2.19. The average molecular weight is 455 g/mol. The molecule has 0 bridgehead atoms. The molecule has 1 heterocycles. The van der Waals surface area contributed by atoms with Gasteiger partial charge in [-0.2, -0.15) is 0 Å². The second kappa shape index (κ2) is 11.4. The van der Waals surface area contributed by atoms with E-state index in [1.807, 2.05) is 24.3 Å². The van der Waals surface area contributed by atoms with Gasteiger partial charge in [0.2, 0.25) is 0 Å². The summed E-state index contributed by atoms with van der Waals surface area (Å²) in [6.07, 6.45) is 2.33. The fourth-order valence-corrected chi connectivity index (χ4v) is 3.89. The van der Waals surface area contributed by atoms with Gasteiger partial charge >= 0.3 is 0 Å². The summed E-state index contributed by atoms with van der Waals surface area (Å²) in [7, 11) is -1.21. The number of amides is 1. The Labute approximate surface area is 172 Å². The molecule has 0 fully saturated rings. The van der Waals surface area contributed by atoms with Crippen LogP contribution in [0.3, 0.4) is 0 Å². The Morgan fingerprint density at radius 2 is 1.89 bits per heavy atom. The summed E-state index contributed by atoms with van der Waals surface area (Å²) in [5.41, 5.74) is 0. The zero-order valence-electron chi connectivity index (χ0n) is 15.9. The topological polar surface area (TPSA) is 62.6 Å². The Kier molecular flexibility index (Phi) is 9.24. The fraction of sp³-hybridized carbons (Fsp3) is 0.450. The monoisotopic (exact) mass is 454 g/mol. The zero-order valence-corrected chi connectivity index (χ0v) is 18.3. The van der Waals surface area contributed by atoms with E-state index in [2.05, 4.69) is 40.0 Å². The SMILES string of the molecule is CCCCN(CC)CCNC(=O)c1ccc(C[S@](=O)c2ccc(Br)cc2)o1. The zero-order chi connectivity index (χ0) is 19.6. The number of nitrogens with one attached hydrogen (secondary N) is 1. The van der Waals surface area contributed by atoms with Crippen molar-refractivity contribution in [1.29, 1.82) is 0 Å². The molecule has 1 atom stereocenters. The Hall–Kier alpha value is -1.44. The molecule has 1 aromatic carbocycles. The van der Waals surface area contributed by atoms with Crippen molar-refractivity contribution >= 4 is 32.6 Å². The van der Waals surface area contributed by atoms with Gasteiger partial charge < -0.3 is 14.6 Å². The minimum atomic E-state index is -1.21. The van der Waals surface area contributed by atoms with Gasteiger partial charge in [-0.05, 0) is 55.9 Å². The molecule has 0 aliphatic rings. The third-order valence-electron chi connectivity index (χ3n) is 4.22. The highest BCUT2D eigenvalue weighted by Crippen LogP contribution is 2.17. The molecule has 0 radical (unpaired) electrons. The van der Waals surface area contributed by atoms with E-state index in [4.69, 9.17) is 4.42 Å². The molecule has 0 aliphatic heterocycles. The summed E-state index contributed by atoms with van der Waals surface area (Å²) in [4.78, 5) is 15.3. The normalized spacial score (nSPS) is 12.3. The van der Waals surface area contributed by atoms with Crippen LogP contribution in [0.15, 0.2) is 50.2 Å². The minimum Gasteiger partial charge on any atom is -0.455 e. The van der Waals surface area contributed by atoms with Gasteiger partial charge in [0.25, 0.3) is 5.91 Å². The molecular formula is C20H27BrN2O3S. The second-order valence-corrected chi connectivity index (χ2v) is 8.62. The first-order valence-electron chi connectivity index (χ1n) is 9.26. The van der Waals surface area contributed by atoms with Gasteiger partial charge in [-0.1, -0.05) is 36.2 Å². The van der Waals surface area contributed by atoms with Crippen LogP contribution in [0.2, 0.25) is 0 Å². The number of benzene rings is 1. The Bertz CT molecular complexity index is 746. The maximum atomic E-state index is 12.4. The lowest BCUT2D eigenvalue weighted by molar-refractivity contribution is 0.0919. The number of likely N-dealkylation sites (N-methyl/N-ethyl adjacent to an activating group) is 1. The number of hydrogen-bond donors (Lipinski definition) is 1. The van der Waals surface area contributed by atoms with Crippen molar-refractivity contribution in [3.8, 4) is 0 Å². The van der Waals surface area contributed by atoms with Crippen molar-refractivity contribution in [3.63, 3.8) is 0 Å². The number of nitrogens with zero attached hydrogens (tertiary/aromatic N) is 1. The first-order chi connectivity index (χ1) is 13.0. The lowest BCUT2D eigenvalue weighted by atomic mass is 10.3. The summed E-state index contributed by atoms with van der Waals surface area (Å²) in [6, 6.07) is 10.7. The van der Waals surface area contributed by atoms with Gasteiger partial charge in [0.15, 0.2) is 5.76 Å². The molecule has 0 saturated carbocycles. The Balaban J connectivity index is 1.82. The van der Waals surface area contributed by atoms with Gasteiger partial charge in [-0.25, -0.2) is 0 Å². The predicted octanol–water partition coefficient (Wildman–Crippen LogP) is 4.20. The molecule has 0 saturated heterocycles. The largest absolute Gasteiger partial charge is 0.455 e. The highest BCUT2D eigenvalue weighted by atomic mass is 79.9. The van der Waals surface area contributed by atoms with E-state index < -0.39 is 10.8 Å². The molecule has 148 valence electrons. The quantitative estimate of drug-likeness (QED) is 0.552. The molecule has 0 spiro atoms. The molecule has 27 heavy (non-hydrogen) atoms. The molecule has 7 heteroatoms. The van der Waals surface area contributed by atoms with Gasteiger partial charge in [-0.3, -0.25) is 9.00 Å². The van der Waals surface area contributed by atoms with Crippen LogP contribution >= 0.6 is 15.9 Å². The van der Waals surface area contributed by atoms with Crippen molar-refractivity contribution in [2.45, 2.75) is 37.3 Å². The first kappa shape index (κ1) is 21.9. The van der Waals surface area contributed by atoms with Crippen molar-refractivity contribution in [3.05, 3.63) is 52.4 Å².